The molecule has 0 bridgehead atoms. The van der Waals surface area contributed by atoms with Gasteiger partial charge in [0, 0.05) is 24.2 Å². The van der Waals surface area contributed by atoms with E-state index in [-0.39, 0.29) is 6.04 Å². The van der Waals surface area contributed by atoms with Crippen molar-refractivity contribution in [3.05, 3.63) is 35.0 Å². The van der Waals surface area contributed by atoms with Crippen LogP contribution in [-0.4, -0.2) is 36.3 Å². The second kappa shape index (κ2) is 7.23. The Morgan fingerprint density at radius 3 is 2.78 bits per heavy atom. The van der Waals surface area contributed by atoms with Crippen LogP contribution in [0.15, 0.2) is 24.4 Å². The van der Waals surface area contributed by atoms with E-state index >= 15 is 0 Å². The summed E-state index contributed by atoms with van der Waals surface area (Å²) in [6.07, 6.45) is 2.21. The Hall–Kier alpha value is -1.72. The summed E-state index contributed by atoms with van der Waals surface area (Å²) < 4.78 is 5.33. The number of rotatable bonds is 5. The van der Waals surface area contributed by atoms with Crippen LogP contribution in [0.1, 0.15) is 26.3 Å². The Bertz CT molecular complexity index is 676. The number of aromatic nitrogens is 1. The number of para-hydroxylation sites is 1. The van der Waals surface area contributed by atoms with Crippen LogP contribution < -0.4 is 10.6 Å². The molecule has 5 nitrogen and oxygen atoms in total. The topological polar surface area (TPSA) is 66.2 Å². The second-order valence-electron chi connectivity index (χ2n) is 6.58. The molecule has 1 aromatic carbocycles. The van der Waals surface area contributed by atoms with Crippen LogP contribution in [-0.2, 0) is 11.2 Å². The minimum absolute atomic E-state index is 0.0761. The van der Waals surface area contributed by atoms with Crippen molar-refractivity contribution in [3.8, 4) is 0 Å². The van der Waals surface area contributed by atoms with Crippen molar-refractivity contribution in [1.82, 2.24) is 15.6 Å². The molecule has 1 amide bonds. The van der Waals surface area contributed by atoms with E-state index < -0.39 is 11.7 Å². The van der Waals surface area contributed by atoms with Crippen LogP contribution in [0.25, 0.3) is 10.9 Å². The van der Waals surface area contributed by atoms with Crippen molar-refractivity contribution >= 4 is 28.6 Å². The standard InChI is InChI=1S/C17H24ClN3O2/c1-17(2,3)23-16(22)21-12(10-19-4)8-11-9-20-15-13(11)6-5-7-14(15)18/h5-7,9,12,19-20H,8,10H2,1-4H3,(H,21,22)/t12-/m0/s1. The number of carbonyl (C=O) groups excluding carboxylic acids is 1. The van der Waals surface area contributed by atoms with Gasteiger partial charge in [0.25, 0.3) is 0 Å². The maximum Gasteiger partial charge on any atom is 0.407 e. The molecule has 126 valence electrons. The molecule has 0 saturated carbocycles. The molecule has 2 rings (SSSR count). The Labute approximate surface area is 141 Å². The zero-order valence-electron chi connectivity index (χ0n) is 14.0. The third-order valence-corrected chi connectivity index (χ3v) is 3.70. The number of aromatic amines is 1. The van der Waals surface area contributed by atoms with E-state index in [9.17, 15) is 4.79 Å². The van der Waals surface area contributed by atoms with Gasteiger partial charge < -0.3 is 20.4 Å². The second-order valence-corrected chi connectivity index (χ2v) is 6.99. The number of H-pyrrole nitrogens is 1. The van der Waals surface area contributed by atoms with Gasteiger partial charge in [-0.2, -0.15) is 0 Å². The summed E-state index contributed by atoms with van der Waals surface area (Å²) in [6, 6.07) is 5.73. The molecule has 0 saturated heterocycles. The van der Waals surface area contributed by atoms with Crippen LogP contribution in [0.5, 0.6) is 0 Å². The highest BCUT2D eigenvalue weighted by Gasteiger charge is 2.20. The minimum atomic E-state index is -0.511. The fraction of sp³-hybridized carbons (Fsp3) is 0.471. The predicted molar refractivity (Wildman–Crippen MR) is 94.1 cm³/mol. The summed E-state index contributed by atoms with van der Waals surface area (Å²) in [5.74, 6) is 0. The zero-order chi connectivity index (χ0) is 17.0. The van der Waals surface area contributed by atoms with Crippen LogP contribution in [0, 0.1) is 0 Å². The van der Waals surface area contributed by atoms with Gasteiger partial charge in [-0.3, -0.25) is 0 Å². The van der Waals surface area contributed by atoms with E-state index in [1.165, 1.54) is 0 Å². The van der Waals surface area contributed by atoms with Gasteiger partial charge in [-0.15, -0.1) is 0 Å². The molecule has 2 aromatic rings. The number of hydrogen-bond acceptors (Lipinski definition) is 3. The molecule has 0 aliphatic rings. The molecule has 3 N–H and O–H groups in total. The Balaban J connectivity index is 2.12. The summed E-state index contributed by atoms with van der Waals surface area (Å²) >= 11 is 6.19. The number of nitrogens with one attached hydrogen (secondary N) is 3. The van der Waals surface area contributed by atoms with Gasteiger partial charge in [-0.1, -0.05) is 23.7 Å². The lowest BCUT2D eigenvalue weighted by Crippen LogP contribution is -2.44. The summed E-state index contributed by atoms with van der Waals surface area (Å²) in [6.45, 7) is 6.19. The summed E-state index contributed by atoms with van der Waals surface area (Å²) in [7, 11) is 1.86. The van der Waals surface area contributed by atoms with Crippen molar-refractivity contribution < 1.29 is 9.53 Å². The molecular weight excluding hydrogens is 314 g/mol. The third-order valence-electron chi connectivity index (χ3n) is 3.39. The third kappa shape index (κ3) is 4.88. The van der Waals surface area contributed by atoms with Crippen LogP contribution >= 0.6 is 11.6 Å². The fourth-order valence-corrected chi connectivity index (χ4v) is 2.73. The van der Waals surface area contributed by atoms with Gasteiger partial charge in [0.1, 0.15) is 5.60 Å². The summed E-state index contributed by atoms with van der Waals surface area (Å²) in [5.41, 5.74) is 1.52. The van der Waals surface area contributed by atoms with Crippen molar-refractivity contribution in [2.75, 3.05) is 13.6 Å². The molecule has 0 radical (unpaired) electrons. The Morgan fingerprint density at radius 1 is 1.39 bits per heavy atom. The molecule has 23 heavy (non-hydrogen) atoms. The van der Waals surface area contributed by atoms with Crippen molar-refractivity contribution in [2.45, 2.75) is 38.8 Å². The Kier molecular flexibility index (Phi) is 5.55. The maximum atomic E-state index is 12.0. The molecule has 0 spiro atoms. The van der Waals surface area contributed by atoms with Crippen LogP contribution in [0.2, 0.25) is 5.02 Å². The summed E-state index contributed by atoms with van der Waals surface area (Å²) in [4.78, 5) is 15.2. The number of ether oxygens (including phenoxy) is 1. The fourth-order valence-electron chi connectivity index (χ4n) is 2.50. The predicted octanol–water partition coefficient (Wildman–Crippen LogP) is 3.48. The van der Waals surface area contributed by atoms with E-state index in [4.69, 9.17) is 16.3 Å². The summed E-state index contributed by atoms with van der Waals surface area (Å²) in [5, 5.41) is 7.79. The first-order valence-corrected chi connectivity index (χ1v) is 8.06. The van der Waals surface area contributed by atoms with Gasteiger partial charge in [0.05, 0.1) is 10.5 Å². The highest BCUT2D eigenvalue weighted by molar-refractivity contribution is 6.35. The van der Waals surface area contributed by atoms with E-state index in [0.29, 0.717) is 18.0 Å². The number of carbonyl (C=O) groups is 1. The molecule has 1 heterocycles. The number of fused-ring (bicyclic) bond motifs is 1. The highest BCUT2D eigenvalue weighted by atomic mass is 35.5. The number of benzene rings is 1. The Morgan fingerprint density at radius 2 is 2.13 bits per heavy atom. The first kappa shape index (κ1) is 17.6. The lowest BCUT2D eigenvalue weighted by Gasteiger charge is -2.23. The number of alkyl carbamates (subject to hydrolysis) is 1. The van der Waals surface area contributed by atoms with E-state index in [0.717, 1.165) is 16.5 Å². The molecule has 0 aliphatic heterocycles. The molecule has 1 aromatic heterocycles. The van der Waals surface area contributed by atoms with Crippen molar-refractivity contribution in [3.63, 3.8) is 0 Å². The molecule has 0 unspecified atom stereocenters. The first-order valence-electron chi connectivity index (χ1n) is 7.69. The van der Waals surface area contributed by atoms with Gasteiger partial charge in [-0.25, -0.2) is 4.79 Å². The van der Waals surface area contributed by atoms with Gasteiger partial charge in [0.15, 0.2) is 0 Å². The maximum absolute atomic E-state index is 12.0. The minimum Gasteiger partial charge on any atom is -0.444 e. The van der Waals surface area contributed by atoms with Gasteiger partial charge in [0.2, 0.25) is 0 Å². The van der Waals surface area contributed by atoms with E-state index in [1.54, 1.807) is 0 Å². The van der Waals surface area contributed by atoms with E-state index in [2.05, 4.69) is 15.6 Å². The van der Waals surface area contributed by atoms with Crippen molar-refractivity contribution in [2.24, 2.45) is 0 Å². The van der Waals surface area contributed by atoms with Crippen molar-refractivity contribution in [1.29, 1.82) is 0 Å². The van der Waals surface area contributed by atoms with E-state index in [1.807, 2.05) is 52.2 Å². The largest absolute Gasteiger partial charge is 0.444 e. The average molecular weight is 338 g/mol. The number of halogens is 1. The first-order chi connectivity index (χ1) is 10.8. The number of likely N-dealkylation sites (N-methyl/N-ethyl adjacent to an activating group) is 1. The smallest absolute Gasteiger partial charge is 0.407 e. The highest BCUT2D eigenvalue weighted by Crippen LogP contribution is 2.25. The SMILES string of the molecule is CNC[C@H](Cc1c[nH]c2c(Cl)cccc12)NC(=O)OC(C)(C)C. The molecule has 1 atom stereocenters. The normalized spacial score (nSPS) is 13.1. The van der Waals surface area contributed by atoms with Crippen LogP contribution in [0.4, 0.5) is 4.79 Å². The van der Waals surface area contributed by atoms with Crippen LogP contribution in [0.3, 0.4) is 0 Å². The molecular formula is C17H24ClN3O2. The van der Waals surface area contributed by atoms with Gasteiger partial charge >= 0.3 is 6.09 Å². The van der Waals surface area contributed by atoms with Gasteiger partial charge in [-0.05, 0) is 45.9 Å². The lowest BCUT2D eigenvalue weighted by molar-refractivity contribution is 0.0504. The zero-order valence-corrected chi connectivity index (χ0v) is 14.8. The lowest BCUT2D eigenvalue weighted by atomic mass is 10.0. The molecule has 0 fully saturated rings. The molecule has 0 aliphatic carbocycles. The average Bonchev–Trinajstić information content (AvgIpc) is 2.81. The quantitative estimate of drug-likeness (QED) is 0.782. The molecule has 6 heteroatoms. The number of hydrogen-bond donors (Lipinski definition) is 3. The monoisotopic (exact) mass is 337 g/mol. The number of amides is 1.